The van der Waals surface area contributed by atoms with E-state index in [1.807, 2.05) is 36.0 Å². The Bertz CT molecular complexity index is 764. The Kier molecular flexibility index (Phi) is 5.89. The molecule has 3 aromatic rings. The average molecular weight is 365 g/mol. The summed E-state index contributed by atoms with van der Waals surface area (Å²) in [6.07, 6.45) is 0. The fraction of sp³-hybridized carbons (Fsp3) is 0.217. The van der Waals surface area contributed by atoms with Gasteiger partial charge >= 0.3 is 0 Å². The van der Waals surface area contributed by atoms with Crippen LogP contribution in [-0.2, 0) is 4.75 Å². The van der Waals surface area contributed by atoms with Gasteiger partial charge < -0.3 is 9.47 Å². The highest BCUT2D eigenvalue weighted by Crippen LogP contribution is 2.48. The molecule has 0 spiro atoms. The van der Waals surface area contributed by atoms with Crippen molar-refractivity contribution in [1.82, 2.24) is 0 Å². The molecule has 26 heavy (non-hydrogen) atoms. The molecular formula is C23H24O2S. The lowest BCUT2D eigenvalue weighted by Crippen LogP contribution is -2.26. The van der Waals surface area contributed by atoms with E-state index in [1.165, 1.54) is 16.7 Å². The Labute approximate surface area is 160 Å². The lowest BCUT2D eigenvalue weighted by molar-refractivity contribution is 0.414. The van der Waals surface area contributed by atoms with E-state index in [0.717, 1.165) is 17.3 Å². The first kappa shape index (κ1) is 18.4. The number of hydrogen-bond acceptors (Lipinski definition) is 3. The molecule has 0 radical (unpaired) electrons. The molecule has 0 unspecified atom stereocenters. The van der Waals surface area contributed by atoms with Crippen molar-refractivity contribution >= 4 is 11.8 Å². The Balaban J connectivity index is 2.23. The predicted octanol–water partition coefficient (Wildman–Crippen LogP) is 5.75. The first-order valence-corrected chi connectivity index (χ1v) is 9.71. The van der Waals surface area contributed by atoms with Gasteiger partial charge in [0, 0.05) is 0 Å². The molecule has 0 N–H and O–H groups in total. The van der Waals surface area contributed by atoms with Crippen molar-refractivity contribution < 1.29 is 9.47 Å². The molecular weight excluding hydrogens is 340 g/mol. The topological polar surface area (TPSA) is 18.5 Å². The molecule has 0 aromatic heterocycles. The van der Waals surface area contributed by atoms with Gasteiger partial charge in [-0.15, -0.1) is 11.8 Å². The highest BCUT2D eigenvalue weighted by Gasteiger charge is 2.36. The third-order valence-corrected chi connectivity index (χ3v) is 5.96. The molecule has 2 nitrogen and oxygen atoms in total. The molecule has 3 aromatic carbocycles. The monoisotopic (exact) mass is 364 g/mol. The van der Waals surface area contributed by atoms with E-state index in [9.17, 15) is 0 Å². The summed E-state index contributed by atoms with van der Waals surface area (Å²) in [4.78, 5) is 0. The molecule has 0 saturated carbocycles. The molecule has 3 heteroatoms. The molecule has 0 aliphatic carbocycles. The largest absolute Gasteiger partial charge is 0.497 e. The molecule has 0 amide bonds. The van der Waals surface area contributed by atoms with Crippen LogP contribution in [0.1, 0.15) is 23.6 Å². The van der Waals surface area contributed by atoms with Crippen molar-refractivity contribution in [3.63, 3.8) is 0 Å². The van der Waals surface area contributed by atoms with E-state index in [-0.39, 0.29) is 4.75 Å². The fourth-order valence-electron chi connectivity index (χ4n) is 3.29. The molecule has 0 heterocycles. The van der Waals surface area contributed by atoms with Crippen LogP contribution in [-0.4, -0.2) is 20.0 Å². The van der Waals surface area contributed by atoms with Crippen molar-refractivity contribution in [2.24, 2.45) is 0 Å². The van der Waals surface area contributed by atoms with Gasteiger partial charge in [-0.25, -0.2) is 0 Å². The van der Waals surface area contributed by atoms with Crippen LogP contribution in [0.3, 0.4) is 0 Å². The van der Waals surface area contributed by atoms with E-state index in [1.54, 1.807) is 14.2 Å². The Morgan fingerprint density at radius 1 is 0.654 bits per heavy atom. The van der Waals surface area contributed by atoms with Gasteiger partial charge in [0.25, 0.3) is 0 Å². The number of ether oxygens (including phenoxy) is 2. The second kappa shape index (κ2) is 8.33. The summed E-state index contributed by atoms with van der Waals surface area (Å²) in [6.45, 7) is 2.20. The lowest BCUT2D eigenvalue weighted by Gasteiger charge is -2.35. The van der Waals surface area contributed by atoms with Crippen LogP contribution in [0.25, 0.3) is 0 Å². The van der Waals surface area contributed by atoms with E-state index >= 15 is 0 Å². The van der Waals surface area contributed by atoms with Crippen molar-refractivity contribution in [3.05, 3.63) is 95.6 Å². The quantitative estimate of drug-likeness (QED) is 0.497. The van der Waals surface area contributed by atoms with Crippen LogP contribution in [0.15, 0.2) is 78.9 Å². The zero-order valence-electron chi connectivity index (χ0n) is 15.4. The molecule has 0 aliphatic heterocycles. The first-order chi connectivity index (χ1) is 12.7. The lowest BCUT2D eigenvalue weighted by atomic mass is 9.84. The number of benzene rings is 3. The van der Waals surface area contributed by atoms with Crippen molar-refractivity contribution in [2.45, 2.75) is 11.7 Å². The molecule has 0 aliphatic rings. The van der Waals surface area contributed by atoms with Crippen LogP contribution in [0.5, 0.6) is 11.5 Å². The number of methoxy groups -OCH3 is 2. The molecule has 0 saturated heterocycles. The summed E-state index contributed by atoms with van der Waals surface area (Å²) in [5.41, 5.74) is 3.74. The maximum Gasteiger partial charge on any atom is 0.118 e. The van der Waals surface area contributed by atoms with Crippen molar-refractivity contribution in [3.8, 4) is 11.5 Å². The minimum absolute atomic E-state index is 0.283. The summed E-state index contributed by atoms with van der Waals surface area (Å²) < 4.78 is 10.4. The van der Waals surface area contributed by atoms with Crippen molar-refractivity contribution in [1.29, 1.82) is 0 Å². The minimum atomic E-state index is -0.283. The minimum Gasteiger partial charge on any atom is -0.497 e. The summed E-state index contributed by atoms with van der Waals surface area (Å²) in [5.74, 6) is 2.73. The zero-order chi connectivity index (χ0) is 18.4. The van der Waals surface area contributed by atoms with Crippen LogP contribution < -0.4 is 9.47 Å². The van der Waals surface area contributed by atoms with Gasteiger partial charge in [-0.1, -0.05) is 61.5 Å². The highest BCUT2D eigenvalue weighted by atomic mass is 32.2. The van der Waals surface area contributed by atoms with E-state index in [4.69, 9.17) is 9.47 Å². The summed E-state index contributed by atoms with van der Waals surface area (Å²) in [7, 11) is 3.40. The van der Waals surface area contributed by atoms with Crippen LogP contribution >= 0.6 is 11.8 Å². The van der Waals surface area contributed by atoms with E-state index in [2.05, 4.69) is 61.5 Å². The summed E-state index contributed by atoms with van der Waals surface area (Å²) in [6, 6.07) is 27.5. The fourth-order valence-corrected chi connectivity index (χ4v) is 4.63. The standard InChI is InChI=1S/C23H24O2S/c1-4-26-23(18-8-6-5-7-9-18,19-10-14-21(24-2)15-11-19)20-12-16-22(25-3)17-13-20/h5-17H,4H2,1-3H3. The Morgan fingerprint density at radius 3 is 1.46 bits per heavy atom. The van der Waals surface area contributed by atoms with Gasteiger partial charge in [0.15, 0.2) is 0 Å². The second-order valence-corrected chi connectivity index (χ2v) is 7.42. The van der Waals surface area contributed by atoms with Gasteiger partial charge in [0.2, 0.25) is 0 Å². The molecule has 3 rings (SSSR count). The van der Waals surface area contributed by atoms with Gasteiger partial charge in [-0.3, -0.25) is 0 Å². The van der Waals surface area contributed by atoms with Gasteiger partial charge in [-0.2, -0.15) is 0 Å². The first-order valence-electron chi connectivity index (χ1n) is 8.73. The third kappa shape index (κ3) is 3.45. The zero-order valence-corrected chi connectivity index (χ0v) is 16.3. The molecule has 0 fully saturated rings. The number of thioether (sulfide) groups is 1. The summed E-state index contributed by atoms with van der Waals surface area (Å²) in [5, 5.41) is 0. The molecule has 0 atom stereocenters. The SMILES string of the molecule is CCSC(c1ccccc1)(c1ccc(OC)cc1)c1ccc(OC)cc1. The highest BCUT2D eigenvalue weighted by molar-refractivity contribution is 8.00. The van der Waals surface area contributed by atoms with E-state index in [0.29, 0.717) is 0 Å². The van der Waals surface area contributed by atoms with Crippen LogP contribution in [0.2, 0.25) is 0 Å². The third-order valence-electron chi connectivity index (χ3n) is 4.53. The van der Waals surface area contributed by atoms with Crippen LogP contribution in [0, 0.1) is 0 Å². The van der Waals surface area contributed by atoms with Gasteiger partial charge in [0.1, 0.15) is 11.5 Å². The molecule has 0 bridgehead atoms. The van der Waals surface area contributed by atoms with Gasteiger partial charge in [-0.05, 0) is 46.7 Å². The van der Waals surface area contributed by atoms with Crippen LogP contribution in [0.4, 0.5) is 0 Å². The average Bonchev–Trinajstić information content (AvgIpc) is 2.73. The number of hydrogen-bond donors (Lipinski definition) is 0. The van der Waals surface area contributed by atoms with Gasteiger partial charge in [0.05, 0.1) is 19.0 Å². The normalized spacial score (nSPS) is 11.2. The Morgan fingerprint density at radius 2 is 1.08 bits per heavy atom. The summed E-state index contributed by atoms with van der Waals surface area (Å²) >= 11 is 1.93. The maximum atomic E-state index is 5.36. The number of rotatable bonds is 7. The Hall–Kier alpha value is -2.39. The molecule has 134 valence electrons. The smallest absolute Gasteiger partial charge is 0.118 e. The maximum absolute atomic E-state index is 5.36. The second-order valence-electron chi connectivity index (χ2n) is 5.94. The van der Waals surface area contributed by atoms with Crippen molar-refractivity contribution in [2.75, 3.05) is 20.0 Å². The predicted molar refractivity (Wildman–Crippen MR) is 110 cm³/mol. The van der Waals surface area contributed by atoms with E-state index < -0.39 is 0 Å².